The maximum atomic E-state index is 11.6. The first-order valence-corrected chi connectivity index (χ1v) is 9.85. The molecule has 1 heterocycles. The van der Waals surface area contributed by atoms with Crippen LogP contribution in [0, 0.1) is 11.8 Å². The molecule has 0 aromatic carbocycles. The highest BCUT2D eigenvalue weighted by molar-refractivity contribution is 7.91. The molecule has 0 aromatic rings. The standard InChI is InChI=1S/C15H30N2O2S/c1-4-12-5-6-15(16-2)13(9-12)10-17(3)14-7-8-20(18,19)11-14/h12-16H,4-11H2,1-3H3. The van der Waals surface area contributed by atoms with E-state index in [1.54, 1.807) is 0 Å². The average molecular weight is 302 g/mol. The average Bonchev–Trinajstić information content (AvgIpc) is 2.79. The van der Waals surface area contributed by atoms with E-state index >= 15 is 0 Å². The Balaban J connectivity index is 1.92. The maximum Gasteiger partial charge on any atom is 0.151 e. The Hall–Kier alpha value is -0.130. The first-order valence-electron chi connectivity index (χ1n) is 8.03. The zero-order valence-corrected chi connectivity index (χ0v) is 14.0. The topological polar surface area (TPSA) is 49.4 Å². The second-order valence-corrected chi connectivity index (χ2v) is 8.97. The number of sulfone groups is 1. The van der Waals surface area contributed by atoms with E-state index < -0.39 is 9.84 Å². The molecule has 118 valence electrons. The quantitative estimate of drug-likeness (QED) is 0.836. The summed E-state index contributed by atoms with van der Waals surface area (Å²) in [7, 11) is 1.39. The van der Waals surface area contributed by atoms with Crippen LogP contribution in [-0.4, -0.2) is 57.5 Å². The molecule has 2 aliphatic rings. The van der Waals surface area contributed by atoms with Gasteiger partial charge in [-0.05, 0) is 51.6 Å². The predicted molar refractivity (Wildman–Crippen MR) is 83.7 cm³/mol. The number of nitrogens with one attached hydrogen (secondary N) is 1. The lowest BCUT2D eigenvalue weighted by molar-refractivity contribution is 0.137. The Morgan fingerprint density at radius 1 is 1.25 bits per heavy atom. The first kappa shape index (κ1) is 16.2. The molecule has 2 fully saturated rings. The van der Waals surface area contributed by atoms with E-state index in [4.69, 9.17) is 0 Å². The summed E-state index contributed by atoms with van der Waals surface area (Å²) < 4.78 is 23.2. The molecule has 0 bridgehead atoms. The van der Waals surface area contributed by atoms with Crippen LogP contribution in [0.1, 0.15) is 39.0 Å². The van der Waals surface area contributed by atoms with Gasteiger partial charge in [-0.1, -0.05) is 13.3 Å². The molecule has 1 N–H and O–H groups in total. The van der Waals surface area contributed by atoms with E-state index in [1.807, 2.05) is 0 Å². The molecule has 1 aliphatic heterocycles. The van der Waals surface area contributed by atoms with Crippen molar-refractivity contribution < 1.29 is 8.42 Å². The summed E-state index contributed by atoms with van der Waals surface area (Å²) in [6, 6.07) is 0.831. The fourth-order valence-corrected chi connectivity index (χ4v) is 5.76. The summed E-state index contributed by atoms with van der Waals surface area (Å²) in [5.74, 6) is 2.24. The van der Waals surface area contributed by atoms with E-state index in [1.165, 1.54) is 25.7 Å². The summed E-state index contributed by atoms with van der Waals surface area (Å²) in [6.07, 6.45) is 5.96. The molecule has 2 rings (SSSR count). The van der Waals surface area contributed by atoms with Crippen LogP contribution in [0.3, 0.4) is 0 Å². The van der Waals surface area contributed by atoms with Gasteiger partial charge in [0.05, 0.1) is 11.5 Å². The summed E-state index contributed by atoms with van der Waals surface area (Å²) in [5, 5.41) is 3.47. The molecule has 4 atom stereocenters. The third kappa shape index (κ3) is 3.95. The lowest BCUT2D eigenvalue weighted by Gasteiger charge is -2.39. The summed E-state index contributed by atoms with van der Waals surface area (Å²) in [5.41, 5.74) is 0. The zero-order valence-electron chi connectivity index (χ0n) is 13.1. The van der Waals surface area contributed by atoms with Crippen LogP contribution in [0.25, 0.3) is 0 Å². The molecule has 4 unspecified atom stereocenters. The van der Waals surface area contributed by atoms with Crippen LogP contribution < -0.4 is 5.32 Å². The van der Waals surface area contributed by atoms with Crippen molar-refractivity contribution in [2.24, 2.45) is 11.8 Å². The first-order chi connectivity index (χ1) is 9.45. The van der Waals surface area contributed by atoms with Crippen molar-refractivity contribution in [2.75, 3.05) is 32.1 Å². The van der Waals surface area contributed by atoms with E-state index in [9.17, 15) is 8.42 Å². The van der Waals surface area contributed by atoms with Gasteiger partial charge in [0.2, 0.25) is 0 Å². The van der Waals surface area contributed by atoms with Crippen molar-refractivity contribution >= 4 is 9.84 Å². The highest BCUT2D eigenvalue weighted by atomic mass is 32.2. The third-order valence-corrected chi connectivity index (χ3v) is 7.14. The van der Waals surface area contributed by atoms with Crippen LogP contribution in [0.4, 0.5) is 0 Å². The van der Waals surface area contributed by atoms with E-state index in [0.717, 1.165) is 18.9 Å². The minimum absolute atomic E-state index is 0.236. The lowest BCUT2D eigenvalue weighted by atomic mass is 9.76. The Morgan fingerprint density at radius 2 is 2.00 bits per heavy atom. The van der Waals surface area contributed by atoms with Crippen molar-refractivity contribution in [2.45, 2.75) is 51.1 Å². The fourth-order valence-electron chi connectivity index (χ4n) is 3.96. The van der Waals surface area contributed by atoms with E-state index in [-0.39, 0.29) is 6.04 Å². The van der Waals surface area contributed by atoms with Crippen LogP contribution in [-0.2, 0) is 9.84 Å². The molecule has 0 aromatic heterocycles. The fraction of sp³-hybridized carbons (Fsp3) is 1.00. The monoisotopic (exact) mass is 302 g/mol. The molecule has 1 saturated carbocycles. The van der Waals surface area contributed by atoms with Crippen molar-refractivity contribution in [1.82, 2.24) is 10.2 Å². The minimum atomic E-state index is -2.77. The second kappa shape index (κ2) is 6.75. The Labute approximate surface area is 124 Å². The van der Waals surface area contributed by atoms with Crippen LogP contribution >= 0.6 is 0 Å². The van der Waals surface area contributed by atoms with Crippen LogP contribution in [0.15, 0.2) is 0 Å². The number of nitrogens with zero attached hydrogens (tertiary/aromatic N) is 1. The third-order valence-electron chi connectivity index (χ3n) is 5.39. The molecule has 20 heavy (non-hydrogen) atoms. The van der Waals surface area contributed by atoms with Gasteiger partial charge in [0.1, 0.15) is 0 Å². The lowest BCUT2D eigenvalue weighted by Crippen LogP contribution is -2.46. The van der Waals surface area contributed by atoms with Gasteiger partial charge in [0.15, 0.2) is 9.84 Å². The highest BCUT2D eigenvalue weighted by Crippen LogP contribution is 2.32. The molecular weight excluding hydrogens is 272 g/mol. The molecule has 0 radical (unpaired) electrons. The SMILES string of the molecule is CCC1CCC(NC)C(CN(C)C2CCS(=O)(=O)C2)C1. The highest BCUT2D eigenvalue weighted by Gasteiger charge is 2.34. The molecule has 1 aliphatic carbocycles. The maximum absolute atomic E-state index is 11.6. The number of rotatable bonds is 5. The summed E-state index contributed by atoms with van der Waals surface area (Å²) >= 11 is 0. The molecule has 1 saturated heterocycles. The van der Waals surface area contributed by atoms with Gasteiger partial charge in [0.25, 0.3) is 0 Å². The Kier molecular flexibility index (Phi) is 5.49. The molecule has 5 heteroatoms. The van der Waals surface area contributed by atoms with Gasteiger partial charge in [-0.2, -0.15) is 0 Å². The van der Waals surface area contributed by atoms with E-state index in [2.05, 4.69) is 31.2 Å². The van der Waals surface area contributed by atoms with Gasteiger partial charge in [-0.25, -0.2) is 8.42 Å². The van der Waals surface area contributed by atoms with Crippen molar-refractivity contribution in [3.63, 3.8) is 0 Å². The van der Waals surface area contributed by atoms with Crippen molar-refractivity contribution in [3.05, 3.63) is 0 Å². The molecule has 0 amide bonds. The van der Waals surface area contributed by atoms with Crippen LogP contribution in [0.5, 0.6) is 0 Å². The smallest absolute Gasteiger partial charge is 0.151 e. The second-order valence-electron chi connectivity index (χ2n) is 6.74. The normalized spacial score (nSPS) is 37.4. The van der Waals surface area contributed by atoms with Gasteiger partial charge in [-0.15, -0.1) is 0 Å². The number of hydrogen-bond donors (Lipinski definition) is 1. The largest absolute Gasteiger partial charge is 0.317 e. The van der Waals surface area contributed by atoms with Crippen molar-refractivity contribution in [3.8, 4) is 0 Å². The van der Waals surface area contributed by atoms with E-state index in [0.29, 0.717) is 23.5 Å². The molecule has 0 spiro atoms. The molecular formula is C15H30N2O2S. The predicted octanol–water partition coefficient (Wildman–Crippen LogP) is 1.52. The molecule has 4 nitrogen and oxygen atoms in total. The summed E-state index contributed by atoms with van der Waals surface area (Å²) in [4.78, 5) is 2.30. The Morgan fingerprint density at radius 3 is 2.55 bits per heavy atom. The minimum Gasteiger partial charge on any atom is -0.317 e. The Bertz CT molecular complexity index is 410. The zero-order chi connectivity index (χ0) is 14.8. The van der Waals surface area contributed by atoms with Crippen LogP contribution in [0.2, 0.25) is 0 Å². The van der Waals surface area contributed by atoms with Gasteiger partial charge in [-0.3, -0.25) is 0 Å². The van der Waals surface area contributed by atoms with Gasteiger partial charge in [0, 0.05) is 18.6 Å². The summed E-state index contributed by atoms with van der Waals surface area (Å²) in [6.45, 7) is 3.32. The van der Waals surface area contributed by atoms with Gasteiger partial charge < -0.3 is 10.2 Å². The van der Waals surface area contributed by atoms with Crippen molar-refractivity contribution in [1.29, 1.82) is 0 Å². The van der Waals surface area contributed by atoms with Gasteiger partial charge >= 0.3 is 0 Å². The number of hydrogen-bond acceptors (Lipinski definition) is 4.